The summed E-state index contributed by atoms with van der Waals surface area (Å²) in [5.74, 6) is 0.257. The lowest BCUT2D eigenvalue weighted by Crippen LogP contribution is -2.24. The van der Waals surface area contributed by atoms with Crippen molar-refractivity contribution in [2.75, 3.05) is 11.9 Å². The summed E-state index contributed by atoms with van der Waals surface area (Å²) in [6, 6.07) is 9.99. The molecule has 0 heterocycles. The number of carbonyl (C=O) groups excluding carboxylic acids is 1. The zero-order valence-electron chi connectivity index (χ0n) is 8.94. The van der Waals surface area contributed by atoms with Crippen molar-refractivity contribution in [1.29, 1.82) is 0 Å². The number of likely N-dealkylation sites (N-methyl/N-ethyl adjacent to an activating group) is 1. The number of allylic oxidation sites excluding steroid dienone is 2. The van der Waals surface area contributed by atoms with Crippen LogP contribution in [0.2, 0.25) is 0 Å². The molecule has 2 rings (SSSR count). The topological polar surface area (TPSA) is 20.3 Å². The quantitative estimate of drug-likeness (QED) is 0.733. The highest BCUT2D eigenvalue weighted by Gasteiger charge is 2.17. The summed E-state index contributed by atoms with van der Waals surface area (Å²) in [7, 11) is 1.95. The Kier molecular flexibility index (Phi) is 2.86. The molecule has 15 heavy (non-hydrogen) atoms. The number of hydrogen-bond acceptors (Lipinski definition) is 2. The van der Waals surface area contributed by atoms with Crippen LogP contribution in [0.1, 0.15) is 19.3 Å². The maximum Gasteiger partial charge on any atom is 0.178 e. The number of benzene rings is 1. The molecule has 0 aliphatic heterocycles. The van der Waals surface area contributed by atoms with Crippen LogP contribution < -0.4 is 4.90 Å². The molecular formula is C13H15NO. The Morgan fingerprint density at radius 3 is 2.60 bits per heavy atom. The van der Waals surface area contributed by atoms with E-state index < -0.39 is 0 Å². The number of carbonyl (C=O) groups is 1. The predicted molar refractivity (Wildman–Crippen MR) is 61.8 cm³/mol. The molecule has 0 fully saturated rings. The van der Waals surface area contributed by atoms with Gasteiger partial charge in [-0.15, -0.1) is 0 Å². The fourth-order valence-electron chi connectivity index (χ4n) is 1.86. The van der Waals surface area contributed by atoms with E-state index in [2.05, 4.69) is 0 Å². The average molecular weight is 201 g/mol. The molecule has 0 bridgehead atoms. The van der Waals surface area contributed by atoms with E-state index in [1.165, 1.54) is 0 Å². The zero-order chi connectivity index (χ0) is 10.7. The van der Waals surface area contributed by atoms with Crippen molar-refractivity contribution < 1.29 is 4.79 Å². The Morgan fingerprint density at radius 1 is 1.20 bits per heavy atom. The fraction of sp³-hybridized carbons (Fsp3) is 0.308. The molecule has 0 unspecified atom stereocenters. The third-order valence-electron chi connectivity index (χ3n) is 2.74. The third-order valence-corrected chi connectivity index (χ3v) is 2.74. The van der Waals surface area contributed by atoms with Gasteiger partial charge < -0.3 is 4.90 Å². The number of hydrogen-bond donors (Lipinski definition) is 0. The van der Waals surface area contributed by atoms with E-state index in [9.17, 15) is 4.79 Å². The van der Waals surface area contributed by atoms with Gasteiger partial charge in [-0.1, -0.05) is 24.3 Å². The lowest BCUT2D eigenvalue weighted by Gasteiger charge is -2.24. The fourth-order valence-corrected chi connectivity index (χ4v) is 1.86. The summed E-state index contributed by atoms with van der Waals surface area (Å²) < 4.78 is 0. The van der Waals surface area contributed by atoms with Gasteiger partial charge >= 0.3 is 0 Å². The zero-order valence-corrected chi connectivity index (χ0v) is 8.94. The van der Waals surface area contributed by atoms with E-state index in [1.54, 1.807) is 0 Å². The van der Waals surface area contributed by atoms with Gasteiger partial charge in [0.05, 0.1) is 5.70 Å². The van der Waals surface area contributed by atoms with Crippen molar-refractivity contribution in [2.45, 2.75) is 19.3 Å². The van der Waals surface area contributed by atoms with Crippen molar-refractivity contribution in [3.63, 3.8) is 0 Å². The van der Waals surface area contributed by atoms with Gasteiger partial charge in [0.15, 0.2) is 5.78 Å². The molecule has 1 aliphatic rings. The van der Waals surface area contributed by atoms with Gasteiger partial charge in [-0.25, -0.2) is 0 Å². The van der Waals surface area contributed by atoms with Gasteiger partial charge in [-0.2, -0.15) is 0 Å². The maximum atomic E-state index is 11.7. The summed E-state index contributed by atoms with van der Waals surface area (Å²) in [5, 5.41) is 0. The van der Waals surface area contributed by atoms with Crippen molar-refractivity contribution in [2.24, 2.45) is 0 Å². The first-order valence-electron chi connectivity index (χ1n) is 5.31. The second-order valence-corrected chi connectivity index (χ2v) is 3.80. The first-order valence-corrected chi connectivity index (χ1v) is 5.31. The Balaban J connectivity index is 2.24. The van der Waals surface area contributed by atoms with Crippen LogP contribution in [-0.4, -0.2) is 12.8 Å². The van der Waals surface area contributed by atoms with Gasteiger partial charge in [0, 0.05) is 19.2 Å². The Hall–Kier alpha value is -1.57. The first kappa shape index (κ1) is 9.97. The van der Waals surface area contributed by atoms with Crippen molar-refractivity contribution in [3.05, 3.63) is 42.1 Å². The lowest BCUT2D eigenvalue weighted by molar-refractivity contribution is -0.116. The standard InChI is InChI=1S/C13H15NO/c1-14(11-7-3-2-4-8-11)12-9-5-6-10-13(12)15/h2-4,7-9H,5-6,10H2,1H3. The highest BCUT2D eigenvalue weighted by Crippen LogP contribution is 2.22. The maximum absolute atomic E-state index is 11.7. The molecule has 0 aromatic heterocycles. The Labute approximate surface area is 90.2 Å². The Morgan fingerprint density at radius 2 is 1.93 bits per heavy atom. The second kappa shape index (κ2) is 4.30. The molecule has 1 aliphatic carbocycles. The molecule has 0 spiro atoms. The van der Waals surface area contributed by atoms with E-state index in [0.29, 0.717) is 6.42 Å². The SMILES string of the molecule is CN(C1=CCCCC1=O)c1ccccc1. The lowest BCUT2D eigenvalue weighted by atomic mass is 10.0. The predicted octanol–water partition coefficient (Wildman–Crippen LogP) is 2.76. The summed E-state index contributed by atoms with van der Waals surface area (Å²) in [6.45, 7) is 0. The minimum absolute atomic E-state index is 0.257. The summed E-state index contributed by atoms with van der Waals surface area (Å²) in [5.41, 5.74) is 1.91. The summed E-state index contributed by atoms with van der Waals surface area (Å²) >= 11 is 0. The van der Waals surface area contributed by atoms with Gasteiger partial charge in [-0.05, 0) is 25.0 Å². The van der Waals surface area contributed by atoms with Crippen LogP contribution in [0.15, 0.2) is 42.1 Å². The molecular weight excluding hydrogens is 186 g/mol. The van der Waals surface area contributed by atoms with Gasteiger partial charge in [0.1, 0.15) is 0 Å². The highest BCUT2D eigenvalue weighted by molar-refractivity contribution is 5.99. The molecule has 0 radical (unpaired) electrons. The van der Waals surface area contributed by atoms with E-state index in [1.807, 2.05) is 48.4 Å². The Bertz CT molecular complexity index is 381. The van der Waals surface area contributed by atoms with Crippen LogP contribution >= 0.6 is 0 Å². The molecule has 2 heteroatoms. The molecule has 2 nitrogen and oxygen atoms in total. The minimum Gasteiger partial charge on any atom is -0.342 e. The van der Waals surface area contributed by atoms with Crippen LogP contribution in [-0.2, 0) is 4.79 Å². The summed E-state index contributed by atoms with van der Waals surface area (Å²) in [6.07, 6.45) is 4.73. The minimum atomic E-state index is 0.257. The molecule has 0 saturated carbocycles. The van der Waals surface area contributed by atoms with Crippen molar-refractivity contribution in [3.8, 4) is 0 Å². The van der Waals surface area contributed by atoms with E-state index in [4.69, 9.17) is 0 Å². The molecule has 0 atom stereocenters. The van der Waals surface area contributed by atoms with E-state index in [-0.39, 0.29) is 5.78 Å². The normalized spacial score (nSPS) is 16.1. The number of anilines is 1. The molecule has 78 valence electrons. The van der Waals surface area contributed by atoms with Crippen molar-refractivity contribution in [1.82, 2.24) is 0 Å². The van der Waals surface area contributed by atoms with Gasteiger partial charge in [0.2, 0.25) is 0 Å². The first-order chi connectivity index (χ1) is 7.29. The second-order valence-electron chi connectivity index (χ2n) is 3.80. The van der Waals surface area contributed by atoms with E-state index in [0.717, 1.165) is 24.2 Å². The molecule has 0 saturated heterocycles. The van der Waals surface area contributed by atoms with Crippen LogP contribution in [0.5, 0.6) is 0 Å². The number of nitrogens with zero attached hydrogens (tertiary/aromatic N) is 1. The van der Waals surface area contributed by atoms with Crippen LogP contribution in [0, 0.1) is 0 Å². The monoisotopic (exact) mass is 201 g/mol. The number of para-hydroxylation sites is 1. The van der Waals surface area contributed by atoms with Crippen LogP contribution in [0.3, 0.4) is 0 Å². The number of rotatable bonds is 2. The van der Waals surface area contributed by atoms with Gasteiger partial charge in [-0.3, -0.25) is 4.79 Å². The number of Topliss-reactive ketones (excluding diaryl/α,β-unsaturated/α-hetero) is 1. The smallest absolute Gasteiger partial charge is 0.178 e. The number of ketones is 1. The molecule has 1 aromatic carbocycles. The third kappa shape index (κ3) is 2.09. The van der Waals surface area contributed by atoms with Crippen molar-refractivity contribution >= 4 is 11.5 Å². The largest absolute Gasteiger partial charge is 0.342 e. The molecule has 0 amide bonds. The van der Waals surface area contributed by atoms with E-state index >= 15 is 0 Å². The van der Waals surface area contributed by atoms with Gasteiger partial charge in [0.25, 0.3) is 0 Å². The average Bonchev–Trinajstić information content (AvgIpc) is 2.30. The van der Waals surface area contributed by atoms with Crippen LogP contribution in [0.25, 0.3) is 0 Å². The molecule has 0 N–H and O–H groups in total. The summed E-state index contributed by atoms with van der Waals surface area (Å²) in [4.78, 5) is 13.7. The van der Waals surface area contributed by atoms with Crippen LogP contribution in [0.4, 0.5) is 5.69 Å². The molecule has 1 aromatic rings. The highest BCUT2D eigenvalue weighted by atomic mass is 16.1.